The van der Waals surface area contributed by atoms with Crippen molar-refractivity contribution in [3.63, 3.8) is 0 Å². The summed E-state index contributed by atoms with van der Waals surface area (Å²) in [5, 5.41) is 10.9. The molecule has 0 amide bonds. The third kappa shape index (κ3) is 7.70. The summed E-state index contributed by atoms with van der Waals surface area (Å²) in [4.78, 5) is 0. The molecule has 1 unspecified atom stereocenters. The number of aromatic hydroxyl groups is 1. The summed E-state index contributed by atoms with van der Waals surface area (Å²) in [6.07, 6.45) is 8.46. The molecular formula is C30H46O. The van der Waals surface area contributed by atoms with Gasteiger partial charge in [-0.2, -0.15) is 0 Å². The van der Waals surface area contributed by atoms with Gasteiger partial charge in [-0.15, -0.1) is 0 Å². The molecule has 2 aromatic rings. The molecule has 0 spiro atoms. The van der Waals surface area contributed by atoms with Crippen LogP contribution >= 0.6 is 0 Å². The number of rotatable bonds is 9. The predicted octanol–water partition coefficient (Wildman–Crippen LogP) is 8.53. The second kappa shape index (κ2) is 10.7. The van der Waals surface area contributed by atoms with Crippen LogP contribution in [0.5, 0.6) is 5.75 Å². The molecule has 0 heterocycles. The number of phenols is 1. The lowest BCUT2D eigenvalue weighted by atomic mass is 9.78. The fraction of sp³-hybridized carbons (Fsp3) is 0.600. The Morgan fingerprint density at radius 3 is 1.74 bits per heavy atom. The average molecular weight is 423 g/mol. The number of hydrogen-bond donors (Lipinski definition) is 1. The van der Waals surface area contributed by atoms with Crippen molar-refractivity contribution >= 4 is 0 Å². The lowest BCUT2D eigenvalue weighted by Gasteiger charge is -2.28. The van der Waals surface area contributed by atoms with Crippen LogP contribution in [0.1, 0.15) is 109 Å². The smallest absolute Gasteiger partial charge is 0.123 e. The first-order valence-corrected chi connectivity index (χ1v) is 12.4. The van der Waals surface area contributed by atoms with Crippen molar-refractivity contribution in [3.05, 3.63) is 64.2 Å². The fourth-order valence-corrected chi connectivity index (χ4v) is 4.32. The van der Waals surface area contributed by atoms with Crippen molar-refractivity contribution in [2.45, 2.75) is 111 Å². The molecule has 31 heavy (non-hydrogen) atoms. The van der Waals surface area contributed by atoms with Gasteiger partial charge in [0.15, 0.2) is 0 Å². The molecule has 0 aliphatic heterocycles. The van der Waals surface area contributed by atoms with E-state index in [2.05, 4.69) is 91.8 Å². The Morgan fingerprint density at radius 1 is 0.742 bits per heavy atom. The fourth-order valence-electron chi connectivity index (χ4n) is 4.32. The summed E-state index contributed by atoms with van der Waals surface area (Å²) in [6, 6.07) is 13.8. The third-order valence-corrected chi connectivity index (χ3v) is 6.39. The Kier molecular flexibility index (Phi) is 8.81. The van der Waals surface area contributed by atoms with E-state index in [1.54, 1.807) is 0 Å². The van der Waals surface area contributed by atoms with Gasteiger partial charge in [0, 0.05) is 0 Å². The van der Waals surface area contributed by atoms with E-state index >= 15 is 0 Å². The Bertz CT molecular complexity index is 780. The highest BCUT2D eigenvalue weighted by Crippen LogP contribution is 2.40. The van der Waals surface area contributed by atoms with Crippen LogP contribution in [-0.4, -0.2) is 5.11 Å². The molecule has 1 atom stereocenters. The summed E-state index contributed by atoms with van der Waals surface area (Å²) < 4.78 is 0. The van der Waals surface area contributed by atoms with E-state index < -0.39 is 0 Å². The average Bonchev–Trinajstić information content (AvgIpc) is 2.67. The quantitative estimate of drug-likeness (QED) is 0.401. The van der Waals surface area contributed by atoms with Gasteiger partial charge in [0.25, 0.3) is 0 Å². The zero-order valence-electron chi connectivity index (χ0n) is 21.4. The van der Waals surface area contributed by atoms with E-state index in [-0.39, 0.29) is 10.8 Å². The second-order valence-electron chi connectivity index (χ2n) is 11.7. The number of benzene rings is 2. The molecule has 0 bridgehead atoms. The largest absolute Gasteiger partial charge is 0.507 e. The second-order valence-corrected chi connectivity index (χ2v) is 11.7. The van der Waals surface area contributed by atoms with Crippen molar-refractivity contribution in [1.82, 2.24) is 0 Å². The van der Waals surface area contributed by atoms with E-state index in [0.717, 1.165) is 30.4 Å². The molecule has 2 rings (SSSR count). The maximum absolute atomic E-state index is 10.9. The predicted molar refractivity (Wildman–Crippen MR) is 136 cm³/mol. The zero-order chi connectivity index (χ0) is 23.2. The SMILES string of the molecule is CCCCCc1ccc(CC(C)CCc2cc(C(C)(C)C)c(O)c(C(C)(C)C)c2)cc1. The summed E-state index contributed by atoms with van der Waals surface area (Å²) in [5.74, 6) is 1.12. The van der Waals surface area contributed by atoms with E-state index in [9.17, 15) is 5.11 Å². The monoisotopic (exact) mass is 422 g/mol. The van der Waals surface area contributed by atoms with Crippen LogP contribution in [0.15, 0.2) is 36.4 Å². The van der Waals surface area contributed by atoms with Crippen molar-refractivity contribution in [2.24, 2.45) is 5.92 Å². The number of hydrogen-bond acceptors (Lipinski definition) is 1. The van der Waals surface area contributed by atoms with Crippen LogP contribution < -0.4 is 0 Å². The van der Waals surface area contributed by atoms with Gasteiger partial charge in [-0.05, 0) is 76.7 Å². The van der Waals surface area contributed by atoms with Crippen LogP contribution in [0, 0.1) is 5.92 Å². The molecule has 1 nitrogen and oxygen atoms in total. The first-order valence-electron chi connectivity index (χ1n) is 12.4. The molecule has 0 aromatic heterocycles. The molecule has 0 radical (unpaired) electrons. The molecule has 0 saturated heterocycles. The van der Waals surface area contributed by atoms with Gasteiger partial charge < -0.3 is 5.11 Å². The highest BCUT2D eigenvalue weighted by atomic mass is 16.3. The summed E-state index contributed by atoms with van der Waals surface area (Å²) in [5.41, 5.74) is 6.28. The maximum Gasteiger partial charge on any atom is 0.123 e. The van der Waals surface area contributed by atoms with Crippen LogP contribution in [0.4, 0.5) is 0 Å². The van der Waals surface area contributed by atoms with E-state index in [0.29, 0.717) is 11.7 Å². The summed E-state index contributed by atoms with van der Waals surface area (Å²) in [6.45, 7) is 17.8. The van der Waals surface area contributed by atoms with Crippen LogP contribution in [0.25, 0.3) is 0 Å². The van der Waals surface area contributed by atoms with Crippen LogP contribution in [0.2, 0.25) is 0 Å². The van der Waals surface area contributed by atoms with Crippen LogP contribution in [0.3, 0.4) is 0 Å². The summed E-state index contributed by atoms with van der Waals surface area (Å²) >= 11 is 0. The molecule has 172 valence electrons. The molecule has 0 fully saturated rings. The van der Waals surface area contributed by atoms with Crippen LogP contribution in [-0.2, 0) is 30.1 Å². The highest BCUT2D eigenvalue weighted by molar-refractivity contribution is 5.50. The van der Waals surface area contributed by atoms with Gasteiger partial charge >= 0.3 is 0 Å². The first-order chi connectivity index (χ1) is 14.4. The van der Waals surface area contributed by atoms with E-state index in [1.807, 2.05) is 0 Å². The number of phenolic OH excluding ortho intramolecular Hbond substituents is 1. The molecule has 0 aliphatic carbocycles. The lowest BCUT2D eigenvalue weighted by molar-refractivity contribution is 0.422. The highest BCUT2D eigenvalue weighted by Gasteiger charge is 2.26. The van der Waals surface area contributed by atoms with Gasteiger partial charge in [0.05, 0.1) is 0 Å². The van der Waals surface area contributed by atoms with E-state index in [4.69, 9.17) is 0 Å². The van der Waals surface area contributed by atoms with Gasteiger partial charge in [0.1, 0.15) is 5.75 Å². The zero-order valence-corrected chi connectivity index (χ0v) is 21.4. The third-order valence-electron chi connectivity index (χ3n) is 6.39. The lowest BCUT2D eigenvalue weighted by Crippen LogP contribution is -2.18. The standard InChI is InChI=1S/C30H46O/c1-9-10-11-12-23-15-17-24(18-16-23)19-22(2)13-14-25-20-26(29(3,4)5)28(31)27(21-25)30(6,7)8/h15-18,20-22,31H,9-14,19H2,1-8H3. The topological polar surface area (TPSA) is 20.2 Å². The van der Waals surface area contributed by atoms with Gasteiger partial charge in [-0.25, -0.2) is 0 Å². The van der Waals surface area contributed by atoms with Gasteiger partial charge in [-0.3, -0.25) is 0 Å². The Balaban J connectivity index is 2.05. The number of unbranched alkanes of at least 4 members (excludes halogenated alkanes) is 2. The van der Waals surface area contributed by atoms with Crippen molar-refractivity contribution in [3.8, 4) is 5.75 Å². The maximum atomic E-state index is 10.9. The van der Waals surface area contributed by atoms with Crippen molar-refractivity contribution in [1.29, 1.82) is 0 Å². The van der Waals surface area contributed by atoms with Gasteiger partial charge in [0.2, 0.25) is 0 Å². The van der Waals surface area contributed by atoms with Crippen molar-refractivity contribution in [2.75, 3.05) is 0 Å². The van der Waals surface area contributed by atoms with Gasteiger partial charge in [-0.1, -0.05) is 105 Å². The molecule has 0 saturated carbocycles. The molecule has 2 aromatic carbocycles. The minimum absolute atomic E-state index is 0.0649. The first kappa shape index (κ1) is 25.5. The Hall–Kier alpha value is -1.76. The Labute approximate surface area is 192 Å². The Morgan fingerprint density at radius 2 is 1.26 bits per heavy atom. The molecule has 0 aliphatic rings. The molecular weight excluding hydrogens is 376 g/mol. The normalized spacial score (nSPS) is 13.4. The summed E-state index contributed by atoms with van der Waals surface area (Å²) in [7, 11) is 0. The minimum atomic E-state index is -0.0649. The minimum Gasteiger partial charge on any atom is -0.507 e. The number of aryl methyl sites for hydroxylation is 2. The van der Waals surface area contributed by atoms with E-state index in [1.165, 1.54) is 42.4 Å². The molecule has 1 heteroatoms. The van der Waals surface area contributed by atoms with Crippen molar-refractivity contribution < 1.29 is 5.11 Å². The molecule has 1 N–H and O–H groups in total.